The molecule has 0 atom stereocenters. The monoisotopic (exact) mass is 232 g/mol. The second kappa shape index (κ2) is 10.4. The van der Waals surface area contributed by atoms with Crippen LogP contribution < -0.4 is 0 Å². The van der Waals surface area contributed by atoms with E-state index in [4.69, 9.17) is 0 Å². The Labute approximate surface area is 107 Å². The smallest absolute Gasteiger partial charge is 0.0279 e. The van der Waals surface area contributed by atoms with Crippen molar-refractivity contribution in [2.45, 2.75) is 71.1 Å². The van der Waals surface area contributed by atoms with Gasteiger partial charge >= 0.3 is 0 Å². The van der Waals surface area contributed by atoms with Crippen molar-refractivity contribution >= 4 is 0 Å². The van der Waals surface area contributed by atoms with Gasteiger partial charge in [-0.15, -0.1) is 0 Å². The van der Waals surface area contributed by atoms with E-state index in [9.17, 15) is 0 Å². The molecule has 0 unspecified atom stereocenters. The maximum atomic E-state index is 2.28. The highest BCUT2D eigenvalue weighted by molar-refractivity contribution is 5.14. The number of benzene rings is 1. The molecule has 1 rings (SSSR count). The van der Waals surface area contributed by atoms with Crippen LogP contribution in [0.3, 0.4) is 0 Å². The Morgan fingerprint density at radius 2 is 1.18 bits per heavy atom. The van der Waals surface area contributed by atoms with Crippen LogP contribution >= 0.6 is 0 Å². The topological polar surface area (TPSA) is 0 Å². The van der Waals surface area contributed by atoms with Crippen LogP contribution in [0, 0.1) is 0 Å². The van der Waals surface area contributed by atoms with Gasteiger partial charge in [-0.1, -0.05) is 88.6 Å². The minimum absolute atomic E-state index is 1.26. The van der Waals surface area contributed by atoms with Crippen molar-refractivity contribution in [3.8, 4) is 0 Å². The van der Waals surface area contributed by atoms with Crippen LogP contribution in [0.4, 0.5) is 0 Å². The van der Waals surface area contributed by atoms with Gasteiger partial charge in [0.05, 0.1) is 0 Å². The Hall–Kier alpha value is -0.780. The van der Waals surface area contributed by atoms with Crippen LogP contribution in [0.25, 0.3) is 0 Å². The van der Waals surface area contributed by atoms with Crippen molar-refractivity contribution in [1.82, 2.24) is 0 Å². The summed E-state index contributed by atoms with van der Waals surface area (Å²) in [6.45, 7) is 2.28. The van der Waals surface area contributed by atoms with Gasteiger partial charge in [-0.3, -0.25) is 0 Å². The van der Waals surface area contributed by atoms with Crippen LogP contribution in [0.5, 0.6) is 0 Å². The van der Waals surface area contributed by atoms with Gasteiger partial charge in [0.25, 0.3) is 0 Å². The summed E-state index contributed by atoms with van der Waals surface area (Å²) in [6, 6.07) is 10.9. The maximum absolute atomic E-state index is 2.28. The summed E-state index contributed by atoms with van der Waals surface area (Å²) in [5.74, 6) is 0. The number of rotatable bonds is 10. The van der Waals surface area contributed by atoms with Gasteiger partial charge in [-0.25, -0.2) is 0 Å². The molecule has 17 heavy (non-hydrogen) atoms. The zero-order chi connectivity index (χ0) is 12.2. The van der Waals surface area contributed by atoms with Crippen molar-refractivity contribution in [2.24, 2.45) is 0 Å². The number of hydrogen-bond acceptors (Lipinski definition) is 0. The van der Waals surface area contributed by atoms with E-state index in [-0.39, 0.29) is 0 Å². The first-order chi connectivity index (χ1) is 8.43. The van der Waals surface area contributed by atoms with Crippen LogP contribution in [0.1, 0.15) is 70.3 Å². The summed E-state index contributed by atoms with van der Waals surface area (Å²) in [4.78, 5) is 0. The van der Waals surface area contributed by atoms with Crippen LogP contribution in [0.15, 0.2) is 30.3 Å². The van der Waals surface area contributed by atoms with E-state index in [0.717, 1.165) is 0 Å². The molecule has 0 amide bonds. The lowest BCUT2D eigenvalue weighted by atomic mass is 10.0. The Morgan fingerprint density at radius 3 is 1.76 bits per heavy atom. The molecule has 0 aliphatic heterocycles. The van der Waals surface area contributed by atoms with E-state index in [1.807, 2.05) is 0 Å². The van der Waals surface area contributed by atoms with Gasteiger partial charge in [0.15, 0.2) is 0 Å². The standard InChI is InChI=1S/C17H28/c1-2-3-4-5-6-7-8-9-11-14-17-15-12-10-13-16-17/h10,12-13,15-16H,2-9,11,14H2,1H3. The lowest BCUT2D eigenvalue weighted by Crippen LogP contribution is -1.86. The second-order valence-corrected chi connectivity index (χ2v) is 5.06. The van der Waals surface area contributed by atoms with Gasteiger partial charge in [-0.2, -0.15) is 0 Å². The molecule has 0 saturated heterocycles. The molecule has 1 aromatic carbocycles. The van der Waals surface area contributed by atoms with Crippen LogP contribution in [0.2, 0.25) is 0 Å². The molecule has 0 spiro atoms. The lowest BCUT2D eigenvalue weighted by molar-refractivity contribution is 0.565. The van der Waals surface area contributed by atoms with Gasteiger partial charge in [0, 0.05) is 0 Å². The van der Waals surface area contributed by atoms with Gasteiger partial charge in [0.1, 0.15) is 0 Å². The highest BCUT2D eigenvalue weighted by atomic mass is 14.0. The molecular weight excluding hydrogens is 204 g/mol. The average molecular weight is 232 g/mol. The lowest BCUT2D eigenvalue weighted by Gasteiger charge is -2.02. The predicted octanol–water partition coefficient (Wildman–Crippen LogP) is 5.76. The van der Waals surface area contributed by atoms with Gasteiger partial charge < -0.3 is 0 Å². The molecule has 0 heterocycles. The van der Waals surface area contributed by atoms with Crippen molar-refractivity contribution < 1.29 is 0 Å². The Bertz CT molecular complexity index is 250. The highest BCUT2D eigenvalue weighted by Crippen LogP contribution is 2.11. The Balaban J connectivity index is 1.85. The van der Waals surface area contributed by atoms with E-state index in [1.54, 1.807) is 0 Å². The van der Waals surface area contributed by atoms with Gasteiger partial charge in [-0.05, 0) is 18.4 Å². The predicted molar refractivity (Wildman–Crippen MR) is 77.4 cm³/mol. The van der Waals surface area contributed by atoms with Crippen molar-refractivity contribution in [1.29, 1.82) is 0 Å². The molecule has 1 aromatic rings. The SMILES string of the molecule is CCCCCCCCCCCc1ccccc1. The third-order valence-corrected chi connectivity index (χ3v) is 3.41. The summed E-state index contributed by atoms with van der Waals surface area (Å²) in [5.41, 5.74) is 1.50. The first-order valence-electron chi connectivity index (χ1n) is 7.47. The summed E-state index contributed by atoms with van der Waals surface area (Å²) in [7, 11) is 0. The molecule has 0 aliphatic rings. The normalized spacial score (nSPS) is 10.6. The summed E-state index contributed by atoms with van der Waals surface area (Å²) in [6.07, 6.45) is 14.0. The molecule has 0 fully saturated rings. The second-order valence-electron chi connectivity index (χ2n) is 5.06. The third kappa shape index (κ3) is 8.01. The molecular formula is C17H28. The first-order valence-corrected chi connectivity index (χ1v) is 7.47. The van der Waals surface area contributed by atoms with Crippen molar-refractivity contribution in [3.63, 3.8) is 0 Å². The van der Waals surface area contributed by atoms with Crippen molar-refractivity contribution in [3.05, 3.63) is 35.9 Å². The minimum atomic E-state index is 1.26. The molecule has 0 heteroatoms. The van der Waals surface area contributed by atoms with Gasteiger partial charge in [0.2, 0.25) is 0 Å². The molecule has 0 N–H and O–H groups in total. The van der Waals surface area contributed by atoms with E-state index < -0.39 is 0 Å². The third-order valence-electron chi connectivity index (χ3n) is 3.41. The Kier molecular flexibility index (Phi) is 8.72. The van der Waals surface area contributed by atoms with Crippen LogP contribution in [-0.2, 0) is 6.42 Å². The van der Waals surface area contributed by atoms with E-state index >= 15 is 0 Å². The summed E-state index contributed by atoms with van der Waals surface area (Å²) >= 11 is 0. The number of hydrogen-bond donors (Lipinski definition) is 0. The van der Waals surface area contributed by atoms with Crippen LogP contribution in [-0.4, -0.2) is 0 Å². The molecule has 0 nitrogen and oxygen atoms in total. The molecule has 0 saturated carbocycles. The number of aryl methyl sites for hydroxylation is 1. The quantitative estimate of drug-likeness (QED) is 0.450. The molecule has 0 radical (unpaired) electrons. The van der Waals surface area contributed by atoms with E-state index in [1.165, 1.54) is 69.8 Å². The van der Waals surface area contributed by atoms with E-state index in [2.05, 4.69) is 37.3 Å². The van der Waals surface area contributed by atoms with E-state index in [0.29, 0.717) is 0 Å². The fraction of sp³-hybridized carbons (Fsp3) is 0.647. The molecule has 0 aromatic heterocycles. The first kappa shape index (κ1) is 14.3. The molecule has 0 bridgehead atoms. The maximum Gasteiger partial charge on any atom is -0.0279 e. The largest absolute Gasteiger partial charge is 0.0654 e. The number of unbranched alkanes of at least 4 members (excludes halogenated alkanes) is 8. The molecule has 0 aliphatic carbocycles. The average Bonchev–Trinajstić information content (AvgIpc) is 2.38. The zero-order valence-electron chi connectivity index (χ0n) is 11.5. The molecule has 96 valence electrons. The Morgan fingerprint density at radius 1 is 0.647 bits per heavy atom. The fourth-order valence-corrected chi connectivity index (χ4v) is 2.28. The highest BCUT2D eigenvalue weighted by Gasteiger charge is 1.93. The van der Waals surface area contributed by atoms with Crippen molar-refractivity contribution in [2.75, 3.05) is 0 Å². The minimum Gasteiger partial charge on any atom is -0.0654 e. The zero-order valence-corrected chi connectivity index (χ0v) is 11.5. The summed E-state index contributed by atoms with van der Waals surface area (Å²) in [5, 5.41) is 0. The summed E-state index contributed by atoms with van der Waals surface area (Å²) < 4.78 is 0. The fourth-order valence-electron chi connectivity index (χ4n) is 2.28.